The SMILES string of the molecule is CCC(C)N1CCC2(C1)OCCO2. The molecule has 2 heterocycles. The topological polar surface area (TPSA) is 21.7 Å². The maximum atomic E-state index is 5.66. The Bertz CT molecular complexity index is 178. The van der Waals surface area contributed by atoms with Crippen LogP contribution in [-0.4, -0.2) is 43.0 Å². The second-order valence-corrected chi connectivity index (χ2v) is 4.09. The summed E-state index contributed by atoms with van der Waals surface area (Å²) in [5, 5.41) is 0. The quantitative estimate of drug-likeness (QED) is 0.646. The molecule has 1 spiro atoms. The number of ether oxygens (including phenoxy) is 2. The first kappa shape index (κ1) is 9.44. The molecule has 2 rings (SSSR count). The number of hydrogen-bond donors (Lipinski definition) is 0. The fourth-order valence-electron chi connectivity index (χ4n) is 2.15. The van der Waals surface area contributed by atoms with Crippen LogP contribution in [0.1, 0.15) is 26.7 Å². The van der Waals surface area contributed by atoms with Crippen LogP contribution in [0.15, 0.2) is 0 Å². The molecule has 0 bridgehead atoms. The van der Waals surface area contributed by atoms with Crippen molar-refractivity contribution in [2.75, 3.05) is 26.3 Å². The van der Waals surface area contributed by atoms with E-state index in [9.17, 15) is 0 Å². The van der Waals surface area contributed by atoms with E-state index < -0.39 is 0 Å². The normalized spacial score (nSPS) is 30.0. The molecule has 1 atom stereocenters. The Morgan fingerprint density at radius 1 is 1.38 bits per heavy atom. The Balaban J connectivity index is 1.93. The summed E-state index contributed by atoms with van der Waals surface area (Å²) in [6, 6.07) is 0.659. The van der Waals surface area contributed by atoms with Gasteiger partial charge in [0.15, 0.2) is 5.79 Å². The average Bonchev–Trinajstić information content (AvgIpc) is 2.76. The molecule has 0 aliphatic carbocycles. The van der Waals surface area contributed by atoms with Crippen molar-refractivity contribution in [1.82, 2.24) is 4.90 Å². The van der Waals surface area contributed by atoms with Crippen LogP contribution in [0, 0.1) is 0 Å². The summed E-state index contributed by atoms with van der Waals surface area (Å²) in [6.07, 6.45) is 2.24. The number of likely N-dealkylation sites (tertiary alicyclic amines) is 1. The minimum Gasteiger partial charge on any atom is -0.346 e. The molecule has 1 unspecified atom stereocenters. The van der Waals surface area contributed by atoms with Crippen molar-refractivity contribution in [1.29, 1.82) is 0 Å². The first-order chi connectivity index (χ1) is 6.26. The summed E-state index contributed by atoms with van der Waals surface area (Å²) in [4.78, 5) is 2.46. The molecule has 13 heavy (non-hydrogen) atoms. The van der Waals surface area contributed by atoms with Crippen molar-refractivity contribution in [3.8, 4) is 0 Å². The zero-order valence-corrected chi connectivity index (χ0v) is 8.58. The van der Waals surface area contributed by atoms with E-state index in [4.69, 9.17) is 9.47 Å². The van der Waals surface area contributed by atoms with Gasteiger partial charge in [0.25, 0.3) is 0 Å². The lowest BCUT2D eigenvalue weighted by Crippen LogP contribution is -2.37. The second-order valence-electron chi connectivity index (χ2n) is 4.09. The van der Waals surface area contributed by atoms with E-state index in [0.717, 1.165) is 32.7 Å². The van der Waals surface area contributed by atoms with Crippen LogP contribution in [0.3, 0.4) is 0 Å². The summed E-state index contributed by atoms with van der Waals surface area (Å²) in [6.45, 7) is 8.12. The van der Waals surface area contributed by atoms with Crippen molar-refractivity contribution in [3.05, 3.63) is 0 Å². The maximum Gasteiger partial charge on any atom is 0.182 e. The second kappa shape index (κ2) is 3.56. The molecule has 3 nitrogen and oxygen atoms in total. The molecule has 2 fully saturated rings. The van der Waals surface area contributed by atoms with Gasteiger partial charge in [0.2, 0.25) is 0 Å². The Labute approximate surface area is 80.0 Å². The first-order valence-corrected chi connectivity index (χ1v) is 5.28. The lowest BCUT2D eigenvalue weighted by atomic mass is 10.2. The summed E-state index contributed by atoms with van der Waals surface area (Å²) in [5.74, 6) is -0.233. The average molecular weight is 185 g/mol. The van der Waals surface area contributed by atoms with Crippen molar-refractivity contribution in [2.45, 2.75) is 38.5 Å². The molecule has 0 aromatic carbocycles. The highest BCUT2D eigenvalue weighted by molar-refractivity contribution is 4.88. The molecule has 0 radical (unpaired) electrons. The fraction of sp³-hybridized carbons (Fsp3) is 1.00. The minimum atomic E-state index is -0.233. The van der Waals surface area contributed by atoms with Crippen LogP contribution in [-0.2, 0) is 9.47 Å². The molecule has 0 amide bonds. The Kier molecular flexibility index (Phi) is 2.58. The van der Waals surface area contributed by atoms with Gasteiger partial charge < -0.3 is 9.47 Å². The molecule has 2 saturated heterocycles. The van der Waals surface area contributed by atoms with Crippen molar-refractivity contribution in [3.63, 3.8) is 0 Å². The van der Waals surface area contributed by atoms with Gasteiger partial charge in [-0.2, -0.15) is 0 Å². The van der Waals surface area contributed by atoms with Gasteiger partial charge in [-0.3, -0.25) is 4.90 Å². The molecular formula is C10H19NO2. The van der Waals surface area contributed by atoms with Crippen molar-refractivity contribution in [2.24, 2.45) is 0 Å². The van der Waals surface area contributed by atoms with E-state index in [-0.39, 0.29) is 5.79 Å². The summed E-state index contributed by atoms with van der Waals surface area (Å²) < 4.78 is 11.3. The van der Waals surface area contributed by atoms with Gasteiger partial charge in [-0.25, -0.2) is 0 Å². The third-order valence-corrected chi connectivity index (χ3v) is 3.25. The molecule has 76 valence electrons. The molecule has 2 aliphatic heterocycles. The van der Waals surface area contributed by atoms with E-state index in [2.05, 4.69) is 18.7 Å². The van der Waals surface area contributed by atoms with Crippen molar-refractivity contribution < 1.29 is 9.47 Å². The summed E-state index contributed by atoms with van der Waals surface area (Å²) in [7, 11) is 0. The van der Waals surface area contributed by atoms with E-state index in [0.29, 0.717) is 6.04 Å². The standard InChI is InChI=1S/C10H19NO2/c1-3-9(2)11-5-4-10(8-11)12-6-7-13-10/h9H,3-8H2,1-2H3. The fourth-order valence-corrected chi connectivity index (χ4v) is 2.15. The zero-order valence-electron chi connectivity index (χ0n) is 8.58. The highest BCUT2D eigenvalue weighted by Crippen LogP contribution is 2.31. The summed E-state index contributed by atoms with van der Waals surface area (Å²) >= 11 is 0. The Hall–Kier alpha value is -0.120. The highest BCUT2D eigenvalue weighted by Gasteiger charge is 2.43. The maximum absolute atomic E-state index is 5.66. The minimum absolute atomic E-state index is 0.233. The largest absolute Gasteiger partial charge is 0.346 e. The highest BCUT2D eigenvalue weighted by atomic mass is 16.7. The number of rotatable bonds is 2. The predicted octanol–water partition coefficient (Wildman–Crippen LogP) is 1.23. The molecule has 2 aliphatic rings. The van der Waals surface area contributed by atoms with Crippen LogP contribution in [0.2, 0.25) is 0 Å². The van der Waals surface area contributed by atoms with E-state index in [1.165, 1.54) is 6.42 Å². The van der Waals surface area contributed by atoms with Gasteiger partial charge >= 0.3 is 0 Å². The van der Waals surface area contributed by atoms with Crippen LogP contribution < -0.4 is 0 Å². The molecular weight excluding hydrogens is 166 g/mol. The third kappa shape index (κ3) is 1.73. The van der Waals surface area contributed by atoms with Crippen LogP contribution >= 0.6 is 0 Å². The lowest BCUT2D eigenvalue weighted by molar-refractivity contribution is -0.146. The van der Waals surface area contributed by atoms with Gasteiger partial charge in [0, 0.05) is 19.0 Å². The van der Waals surface area contributed by atoms with Gasteiger partial charge in [0.05, 0.1) is 19.8 Å². The first-order valence-electron chi connectivity index (χ1n) is 5.28. The predicted molar refractivity (Wildman–Crippen MR) is 50.6 cm³/mol. The van der Waals surface area contributed by atoms with E-state index in [1.807, 2.05) is 0 Å². The van der Waals surface area contributed by atoms with Gasteiger partial charge in [-0.05, 0) is 13.3 Å². The van der Waals surface area contributed by atoms with Crippen molar-refractivity contribution >= 4 is 0 Å². The lowest BCUT2D eigenvalue weighted by Gasteiger charge is -2.25. The number of hydrogen-bond acceptors (Lipinski definition) is 3. The van der Waals surface area contributed by atoms with Crippen LogP contribution in [0.4, 0.5) is 0 Å². The molecule has 3 heteroatoms. The van der Waals surface area contributed by atoms with E-state index >= 15 is 0 Å². The zero-order chi connectivity index (χ0) is 9.31. The van der Waals surface area contributed by atoms with E-state index in [1.54, 1.807) is 0 Å². The Morgan fingerprint density at radius 2 is 2.08 bits per heavy atom. The molecule has 0 aromatic heterocycles. The smallest absolute Gasteiger partial charge is 0.182 e. The third-order valence-electron chi connectivity index (χ3n) is 3.25. The van der Waals surface area contributed by atoms with Gasteiger partial charge in [0.1, 0.15) is 0 Å². The number of nitrogens with zero attached hydrogens (tertiary/aromatic N) is 1. The van der Waals surface area contributed by atoms with Crippen LogP contribution in [0.5, 0.6) is 0 Å². The molecule has 0 saturated carbocycles. The van der Waals surface area contributed by atoms with Crippen LogP contribution in [0.25, 0.3) is 0 Å². The van der Waals surface area contributed by atoms with Gasteiger partial charge in [-0.15, -0.1) is 0 Å². The molecule has 0 aromatic rings. The summed E-state index contributed by atoms with van der Waals surface area (Å²) in [5.41, 5.74) is 0. The molecule has 0 N–H and O–H groups in total. The Morgan fingerprint density at radius 3 is 2.69 bits per heavy atom. The monoisotopic (exact) mass is 185 g/mol. The van der Waals surface area contributed by atoms with Gasteiger partial charge in [-0.1, -0.05) is 6.92 Å².